The topological polar surface area (TPSA) is 149 Å². The number of carbonyl (C=O) groups is 4. The maximum atomic E-state index is 12.7. The normalized spacial score (nSPS) is 12.2. The lowest BCUT2D eigenvalue weighted by molar-refractivity contribution is -0.130. The highest BCUT2D eigenvalue weighted by atomic mass is 16.3. The summed E-state index contributed by atoms with van der Waals surface area (Å²) in [4.78, 5) is 50.0. The van der Waals surface area contributed by atoms with E-state index in [4.69, 9.17) is 0 Å². The molecular formula is C28H39N5O5. The van der Waals surface area contributed by atoms with Crippen molar-refractivity contribution in [3.8, 4) is 5.75 Å². The summed E-state index contributed by atoms with van der Waals surface area (Å²) in [5.74, 6) is -1.54. The lowest BCUT2D eigenvalue weighted by atomic mass is 10.1. The van der Waals surface area contributed by atoms with Crippen molar-refractivity contribution in [3.05, 3.63) is 65.7 Å². The number of amides is 4. The fourth-order valence-corrected chi connectivity index (χ4v) is 3.74. The van der Waals surface area contributed by atoms with Crippen LogP contribution in [0.15, 0.2) is 54.6 Å². The Morgan fingerprint density at radius 2 is 1.34 bits per heavy atom. The summed E-state index contributed by atoms with van der Waals surface area (Å²) in [5, 5.41) is 22.9. The summed E-state index contributed by atoms with van der Waals surface area (Å²) in [7, 11) is 1.64. The molecule has 2 aromatic rings. The predicted molar refractivity (Wildman–Crippen MR) is 145 cm³/mol. The van der Waals surface area contributed by atoms with Crippen LogP contribution in [0.1, 0.15) is 37.3 Å². The number of nitrogens with one attached hydrogen (secondary N) is 5. The maximum Gasteiger partial charge on any atom is 0.242 e. The highest BCUT2D eigenvalue weighted by Crippen LogP contribution is 2.11. The van der Waals surface area contributed by atoms with Gasteiger partial charge in [-0.1, -0.05) is 62.2 Å². The van der Waals surface area contributed by atoms with Gasteiger partial charge in [-0.05, 0) is 43.1 Å². The molecule has 0 saturated heterocycles. The largest absolute Gasteiger partial charge is 0.508 e. The molecule has 2 rings (SSSR count). The van der Waals surface area contributed by atoms with Gasteiger partial charge < -0.3 is 31.7 Å². The zero-order valence-corrected chi connectivity index (χ0v) is 22.1. The molecule has 0 bridgehead atoms. The van der Waals surface area contributed by atoms with Gasteiger partial charge in [0, 0.05) is 13.0 Å². The Morgan fingerprint density at radius 1 is 0.737 bits per heavy atom. The Morgan fingerprint density at radius 3 is 2.00 bits per heavy atom. The van der Waals surface area contributed by atoms with Gasteiger partial charge in [0.05, 0.1) is 19.1 Å². The predicted octanol–water partition coefficient (Wildman–Crippen LogP) is 0.789. The van der Waals surface area contributed by atoms with Gasteiger partial charge in [0.2, 0.25) is 23.6 Å². The second-order valence-corrected chi connectivity index (χ2v) is 9.01. The van der Waals surface area contributed by atoms with E-state index in [1.54, 1.807) is 31.3 Å². The fraction of sp³-hybridized carbons (Fsp3) is 0.429. The molecule has 0 aliphatic heterocycles. The number of unbranched alkanes of at least 4 members (excludes halogenated alkanes) is 2. The minimum absolute atomic E-state index is 0.138. The monoisotopic (exact) mass is 525 g/mol. The first-order valence-corrected chi connectivity index (χ1v) is 12.9. The third kappa shape index (κ3) is 11.4. The van der Waals surface area contributed by atoms with Crippen LogP contribution in [-0.2, 0) is 32.0 Å². The molecule has 0 aromatic heterocycles. The Hall–Kier alpha value is -3.92. The number of carbonyl (C=O) groups excluding carboxylic acids is 4. The molecule has 0 aliphatic rings. The van der Waals surface area contributed by atoms with Crippen LogP contribution < -0.4 is 26.6 Å². The lowest BCUT2D eigenvalue weighted by Gasteiger charge is -2.19. The van der Waals surface area contributed by atoms with Crippen LogP contribution in [0.5, 0.6) is 5.75 Å². The van der Waals surface area contributed by atoms with Gasteiger partial charge in [0.25, 0.3) is 0 Å². The van der Waals surface area contributed by atoms with E-state index >= 15 is 0 Å². The van der Waals surface area contributed by atoms with Crippen LogP contribution in [0.3, 0.4) is 0 Å². The van der Waals surface area contributed by atoms with E-state index in [0.29, 0.717) is 19.4 Å². The smallest absolute Gasteiger partial charge is 0.242 e. The van der Waals surface area contributed by atoms with E-state index in [-0.39, 0.29) is 30.7 Å². The summed E-state index contributed by atoms with van der Waals surface area (Å²) in [5.41, 5.74) is 1.75. The summed E-state index contributed by atoms with van der Waals surface area (Å²) < 4.78 is 0. The summed E-state index contributed by atoms with van der Waals surface area (Å²) in [6.07, 6.45) is 3.59. The number of phenolic OH excluding ortho intramolecular Hbond substituents is 1. The van der Waals surface area contributed by atoms with Gasteiger partial charge in [-0.15, -0.1) is 0 Å². The van der Waals surface area contributed by atoms with Crippen molar-refractivity contribution < 1.29 is 24.3 Å². The van der Waals surface area contributed by atoms with Crippen LogP contribution in [0.25, 0.3) is 0 Å². The fourth-order valence-electron chi connectivity index (χ4n) is 3.74. The van der Waals surface area contributed by atoms with Crippen molar-refractivity contribution >= 4 is 23.6 Å². The van der Waals surface area contributed by atoms with E-state index in [1.165, 1.54) is 0 Å². The van der Waals surface area contributed by atoms with Gasteiger partial charge in [-0.3, -0.25) is 19.2 Å². The van der Waals surface area contributed by atoms with Crippen molar-refractivity contribution in [1.29, 1.82) is 0 Å². The third-order valence-corrected chi connectivity index (χ3v) is 5.92. The summed E-state index contributed by atoms with van der Waals surface area (Å²) in [6.45, 7) is 1.98. The van der Waals surface area contributed by atoms with E-state index in [2.05, 4.69) is 33.5 Å². The molecule has 4 amide bonds. The van der Waals surface area contributed by atoms with Crippen molar-refractivity contribution in [3.63, 3.8) is 0 Å². The molecule has 0 unspecified atom stereocenters. The first kappa shape index (κ1) is 30.3. The molecule has 38 heavy (non-hydrogen) atoms. The summed E-state index contributed by atoms with van der Waals surface area (Å²) >= 11 is 0. The number of benzene rings is 2. The molecule has 2 aromatic carbocycles. The molecule has 10 nitrogen and oxygen atoms in total. The average molecular weight is 526 g/mol. The molecule has 2 atom stereocenters. The molecule has 6 N–H and O–H groups in total. The standard InChI is InChI=1S/C28H39N5O5/c1-3-4-8-15-30-28(38)24(17-20-9-6-5-7-10-20)33-26(36)19-31-25(35)18-32-27(37)23(29-2)16-21-11-13-22(34)14-12-21/h5-7,9-14,23-24,29,34H,3-4,8,15-19H2,1-2H3,(H,30,38)(H,31,35)(H,32,37)(H,33,36)/t23-,24-/m0/s1. The Bertz CT molecular complexity index is 1030. The van der Waals surface area contributed by atoms with Gasteiger partial charge >= 0.3 is 0 Å². The van der Waals surface area contributed by atoms with Crippen LogP contribution in [0.4, 0.5) is 0 Å². The zero-order chi connectivity index (χ0) is 27.8. The SMILES string of the molecule is CCCCCNC(=O)[C@H](Cc1ccccc1)NC(=O)CNC(=O)CNC(=O)[C@H](Cc1ccc(O)cc1)NC. The number of hydrogen-bond acceptors (Lipinski definition) is 6. The molecule has 0 spiro atoms. The molecule has 10 heteroatoms. The van der Waals surface area contributed by atoms with Crippen molar-refractivity contribution in [1.82, 2.24) is 26.6 Å². The molecule has 206 valence electrons. The highest BCUT2D eigenvalue weighted by Gasteiger charge is 2.22. The number of rotatable bonds is 16. The van der Waals surface area contributed by atoms with Crippen molar-refractivity contribution in [2.45, 2.75) is 51.1 Å². The second kappa shape index (κ2) is 16.8. The van der Waals surface area contributed by atoms with E-state index in [1.807, 2.05) is 30.3 Å². The first-order chi connectivity index (χ1) is 18.3. The van der Waals surface area contributed by atoms with Gasteiger partial charge in [-0.2, -0.15) is 0 Å². The first-order valence-electron chi connectivity index (χ1n) is 12.9. The van der Waals surface area contributed by atoms with Crippen LogP contribution in [-0.4, -0.2) is 67.5 Å². The van der Waals surface area contributed by atoms with Gasteiger partial charge in [-0.25, -0.2) is 0 Å². The third-order valence-electron chi connectivity index (χ3n) is 5.92. The minimum atomic E-state index is -0.778. The number of aromatic hydroxyl groups is 1. The van der Waals surface area contributed by atoms with Crippen LogP contribution >= 0.6 is 0 Å². The number of phenols is 1. The molecular weight excluding hydrogens is 486 g/mol. The van der Waals surface area contributed by atoms with E-state index in [9.17, 15) is 24.3 Å². The quantitative estimate of drug-likeness (QED) is 0.179. The molecule has 0 fully saturated rings. The molecule has 0 aliphatic carbocycles. The van der Waals surface area contributed by atoms with Gasteiger partial charge in [0.1, 0.15) is 11.8 Å². The van der Waals surface area contributed by atoms with Crippen molar-refractivity contribution in [2.75, 3.05) is 26.7 Å². The minimum Gasteiger partial charge on any atom is -0.508 e. The summed E-state index contributed by atoms with van der Waals surface area (Å²) in [6, 6.07) is 14.5. The van der Waals surface area contributed by atoms with E-state index < -0.39 is 23.9 Å². The number of likely N-dealkylation sites (N-methyl/N-ethyl adjacent to an activating group) is 1. The molecule has 0 saturated carbocycles. The molecule has 0 heterocycles. The Kier molecular flexibility index (Phi) is 13.4. The highest BCUT2D eigenvalue weighted by molar-refractivity contribution is 5.92. The van der Waals surface area contributed by atoms with Crippen LogP contribution in [0.2, 0.25) is 0 Å². The van der Waals surface area contributed by atoms with Crippen LogP contribution in [0, 0.1) is 0 Å². The second-order valence-electron chi connectivity index (χ2n) is 9.01. The zero-order valence-electron chi connectivity index (χ0n) is 22.1. The lowest BCUT2D eigenvalue weighted by Crippen LogP contribution is -2.51. The molecule has 0 radical (unpaired) electrons. The number of hydrogen-bond donors (Lipinski definition) is 6. The maximum absolute atomic E-state index is 12.7. The van der Waals surface area contributed by atoms with Crippen molar-refractivity contribution in [2.24, 2.45) is 0 Å². The Labute approximate surface area is 224 Å². The Balaban J connectivity index is 1.81. The van der Waals surface area contributed by atoms with E-state index in [0.717, 1.165) is 30.4 Å². The average Bonchev–Trinajstić information content (AvgIpc) is 2.92. The van der Waals surface area contributed by atoms with Gasteiger partial charge in [0.15, 0.2) is 0 Å².